The number of allylic oxidation sites excluding steroid dienone is 1. The standard InChI is InChI=1S/C20H20BrNO4S/c1-26-20-11-7-17(21)14-16(20)6-10-19(23)15-4-8-18(9-5-15)27(24,25)22-12-2-3-13-22/h4-11,14H,2-3,12-13H2,1H3. The lowest BCUT2D eigenvalue weighted by molar-refractivity contribution is 0.104. The molecule has 0 unspecified atom stereocenters. The molecular weight excluding hydrogens is 430 g/mol. The molecule has 1 saturated heterocycles. The summed E-state index contributed by atoms with van der Waals surface area (Å²) in [6.07, 6.45) is 4.91. The van der Waals surface area contributed by atoms with Gasteiger partial charge in [0.2, 0.25) is 10.0 Å². The predicted octanol–water partition coefficient (Wildman–Crippen LogP) is 4.14. The van der Waals surface area contributed by atoms with E-state index < -0.39 is 10.0 Å². The molecule has 27 heavy (non-hydrogen) atoms. The molecule has 0 amide bonds. The van der Waals surface area contributed by atoms with E-state index in [9.17, 15) is 13.2 Å². The third-order valence-electron chi connectivity index (χ3n) is 4.45. The van der Waals surface area contributed by atoms with Gasteiger partial charge in [-0.2, -0.15) is 4.31 Å². The number of carbonyl (C=O) groups excluding carboxylic acids is 1. The summed E-state index contributed by atoms with van der Waals surface area (Å²) < 4.78 is 32.7. The van der Waals surface area contributed by atoms with E-state index in [1.54, 1.807) is 25.3 Å². The van der Waals surface area contributed by atoms with Gasteiger partial charge in [-0.3, -0.25) is 4.79 Å². The van der Waals surface area contributed by atoms with Gasteiger partial charge in [0.25, 0.3) is 0 Å². The Morgan fingerprint density at radius 2 is 1.78 bits per heavy atom. The number of ether oxygens (including phenoxy) is 1. The van der Waals surface area contributed by atoms with Crippen LogP contribution in [0.3, 0.4) is 0 Å². The molecule has 5 nitrogen and oxygen atoms in total. The van der Waals surface area contributed by atoms with Crippen molar-refractivity contribution >= 4 is 37.8 Å². The summed E-state index contributed by atoms with van der Waals surface area (Å²) in [5.41, 5.74) is 1.20. The number of hydrogen-bond donors (Lipinski definition) is 0. The van der Waals surface area contributed by atoms with Crippen LogP contribution in [0.5, 0.6) is 5.75 Å². The number of nitrogens with zero attached hydrogens (tertiary/aromatic N) is 1. The molecule has 2 aromatic carbocycles. The molecule has 7 heteroatoms. The fraction of sp³-hybridized carbons (Fsp3) is 0.250. The van der Waals surface area contributed by atoms with E-state index in [0.717, 1.165) is 22.9 Å². The third-order valence-corrected chi connectivity index (χ3v) is 6.85. The Bertz CT molecular complexity index is 962. The van der Waals surface area contributed by atoms with Crippen molar-refractivity contribution in [2.24, 2.45) is 0 Å². The highest BCUT2D eigenvalue weighted by Crippen LogP contribution is 2.25. The van der Waals surface area contributed by atoms with Gasteiger partial charge in [0, 0.05) is 28.7 Å². The monoisotopic (exact) mass is 449 g/mol. The van der Waals surface area contributed by atoms with Gasteiger partial charge in [-0.05, 0) is 67.5 Å². The average Bonchev–Trinajstić information content (AvgIpc) is 3.22. The second-order valence-corrected chi connectivity index (χ2v) is 9.07. The minimum atomic E-state index is -3.47. The van der Waals surface area contributed by atoms with Crippen LogP contribution >= 0.6 is 15.9 Å². The quantitative estimate of drug-likeness (QED) is 0.490. The number of halogens is 1. The molecule has 142 valence electrons. The molecule has 1 fully saturated rings. The Kier molecular flexibility index (Phi) is 6.14. The van der Waals surface area contributed by atoms with Crippen LogP contribution in [0, 0.1) is 0 Å². The van der Waals surface area contributed by atoms with Crippen LogP contribution < -0.4 is 4.74 Å². The Hall–Kier alpha value is -1.96. The second-order valence-electron chi connectivity index (χ2n) is 6.22. The first-order valence-electron chi connectivity index (χ1n) is 8.58. The summed E-state index contributed by atoms with van der Waals surface area (Å²) in [4.78, 5) is 12.6. The zero-order chi connectivity index (χ0) is 19.4. The van der Waals surface area contributed by atoms with Crippen molar-refractivity contribution in [2.45, 2.75) is 17.7 Å². The van der Waals surface area contributed by atoms with Gasteiger partial charge in [-0.25, -0.2) is 8.42 Å². The van der Waals surface area contributed by atoms with Gasteiger partial charge in [0.1, 0.15) is 5.75 Å². The number of methoxy groups -OCH3 is 1. The Labute approximate surface area is 167 Å². The van der Waals surface area contributed by atoms with Crippen LogP contribution in [-0.2, 0) is 10.0 Å². The molecule has 0 bridgehead atoms. The van der Waals surface area contributed by atoms with Crippen LogP contribution in [0.2, 0.25) is 0 Å². The summed E-state index contributed by atoms with van der Waals surface area (Å²) in [7, 11) is -1.90. The van der Waals surface area contributed by atoms with Crippen LogP contribution in [-0.4, -0.2) is 38.7 Å². The van der Waals surface area contributed by atoms with Gasteiger partial charge in [-0.1, -0.05) is 15.9 Å². The normalized spacial score (nSPS) is 15.3. The second kappa shape index (κ2) is 8.37. The number of carbonyl (C=O) groups is 1. The van der Waals surface area contributed by atoms with Crippen molar-refractivity contribution in [1.29, 1.82) is 0 Å². The van der Waals surface area contributed by atoms with Gasteiger partial charge in [-0.15, -0.1) is 0 Å². The highest BCUT2D eigenvalue weighted by Gasteiger charge is 2.27. The highest BCUT2D eigenvalue weighted by molar-refractivity contribution is 9.10. The average molecular weight is 450 g/mol. The maximum Gasteiger partial charge on any atom is 0.243 e. The molecule has 0 radical (unpaired) electrons. The molecule has 0 N–H and O–H groups in total. The third kappa shape index (κ3) is 4.48. The number of ketones is 1. The summed E-state index contributed by atoms with van der Waals surface area (Å²) in [6, 6.07) is 11.6. The van der Waals surface area contributed by atoms with Crippen molar-refractivity contribution in [2.75, 3.05) is 20.2 Å². The van der Waals surface area contributed by atoms with E-state index >= 15 is 0 Å². The molecule has 0 spiro atoms. The Balaban J connectivity index is 1.77. The van der Waals surface area contributed by atoms with E-state index in [1.165, 1.54) is 22.5 Å². The topological polar surface area (TPSA) is 63.7 Å². The molecule has 1 aliphatic heterocycles. The van der Waals surface area contributed by atoms with E-state index in [0.29, 0.717) is 24.4 Å². The first kappa shape index (κ1) is 19.8. The SMILES string of the molecule is COc1ccc(Br)cc1C=CC(=O)c1ccc(S(=O)(=O)N2CCCC2)cc1. The summed E-state index contributed by atoms with van der Waals surface area (Å²) in [6.45, 7) is 1.11. The molecule has 1 aliphatic rings. The maximum absolute atomic E-state index is 12.5. The molecule has 2 aromatic rings. The lowest BCUT2D eigenvalue weighted by Gasteiger charge is -2.15. The van der Waals surface area contributed by atoms with Crippen LogP contribution in [0.1, 0.15) is 28.8 Å². The fourth-order valence-electron chi connectivity index (χ4n) is 2.97. The largest absolute Gasteiger partial charge is 0.496 e. The van der Waals surface area contributed by atoms with Crippen molar-refractivity contribution in [3.8, 4) is 5.75 Å². The summed E-state index contributed by atoms with van der Waals surface area (Å²) >= 11 is 3.40. The molecule has 0 atom stereocenters. The van der Waals surface area contributed by atoms with Gasteiger partial charge in [0.05, 0.1) is 12.0 Å². The smallest absolute Gasteiger partial charge is 0.243 e. The first-order chi connectivity index (χ1) is 12.9. The summed E-state index contributed by atoms with van der Waals surface area (Å²) in [5.74, 6) is 0.455. The number of hydrogen-bond acceptors (Lipinski definition) is 4. The van der Waals surface area contributed by atoms with E-state index in [4.69, 9.17) is 4.74 Å². The molecule has 3 rings (SSSR count). The molecule has 0 saturated carbocycles. The van der Waals surface area contributed by atoms with Gasteiger partial charge >= 0.3 is 0 Å². The Morgan fingerprint density at radius 3 is 2.41 bits per heavy atom. The number of sulfonamides is 1. The zero-order valence-electron chi connectivity index (χ0n) is 14.9. The van der Waals surface area contributed by atoms with Crippen molar-refractivity contribution in [3.63, 3.8) is 0 Å². The minimum Gasteiger partial charge on any atom is -0.496 e. The van der Waals surface area contributed by atoms with Gasteiger partial charge in [0.15, 0.2) is 5.78 Å². The molecule has 0 aliphatic carbocycles. The number of rotatable bonds is 6. The molecule has 0 aromatic heterocycles. The lowest BCUT2D eigenvalue weighted by Crippen LogP contribution is -2.27. The maximum atomic E-state index is 12.5. The predicted molar refractivity (Wildman–Crippen MR) is 108 cm³/mol. The van der Waals surface area contributed by atoms with E-state index in [2.05, 4.69) is 15.9 Å². The van der Waals surface area contributed by atoms with E-state index in [-0.39, 0.29) is 10.7 Å². The highest BCUT2D eigenvalue weighted by atomic mass is 79.9. The lowest BCUT2D eigenvalue weighted by atomic mass is 10.1. The van der Waals surface area contributed by atoms with Crippen LogP contribution in [0.4, 0.5) is 0 Å². The summed E-state index contributed by atoms with van der Waals surface area (Å²) in [5, 5.41) is 0. The van der Waals surface area contributed by atoms with Crippen LogP contribution in [0.15, 0.2) is 57.9 Å². The van der Waals surface area contributed by atoms with Crippen molar-refractivity contribution in [3.05, 3.63) is 64.1 Å². The minimum absolute atomic E-state index is 0.206. The fourth-order valence-corrected chi connectivity index (χ4v) is 4.86. The first-order valence-corrected chi connectivity index (χ1v) is 10.8. The molecular formula is C20H20BrNO4S. The van der Waals surface area contributed by atoms with E-state index in [1.807, 2.05) is 18.2 Å². The zero-order valence-corrected chi connectivity index (χ0v) is 17.3. The number of benzene rings is 2. The Morgan fingerprint density at radius 1 is 1.11 bits per heavy atom. The van der Waals surface area contributed by atoms with Crippen molar-refractivity contribution in [1.82, 2.24) is 4.31 Å². The van der Waals surface area contributed by atoms with Crippen LogP contribution in [0.25, 0.3) is 6.08 Å². The van der Waals surface area contributed by atoms with Gasteiger partial charge < -0.3 is 4.74 Å². The van der Waals surface area contributed by atoms with Crippen molar-refractivity contribution < 1.29 is 17.9 Å². The molecule has 1 heterocycles.